The van der Waals surface area contributed by atoms with Gasteiger partial charge in [0.05, 0.1) is 25.6 Å². The lowest BCUT2D eigenvalue weighted by Crippen LogP contribution is -2.42. The lowest BCUT2D eigenvalue weighted by molar-refractivity contribution is -0.136. The number of aromatic nitrogens is 1. The number of carbonyl (C=O) groups excluding carboxylic acids is 1. The Morgan fingerprint density at radius 1 is 1.15 bits per heavy atom. The number of hydrogen-bond acceptors (Lipinski definition) is 12. The molecule has 2 heterocycles. The van der Waals surface area contributed by atoms with Crippen LogP contribution in [-0.4, -0.2) is 85.7 Å². The molecular weight excluding hydrogens is 526 g/mol. The number of H-pyrrole nitrogens is 1. The summed E-state index contributed by atoms with van der Waals surface area (Å²) in [6.45, 7) is 0.363. The number of fused-ring (bicyclic) bond motifs is 1. The molecule has 3 aromatic rings. The van der Waals surface area contributed by atoms with Crippen molar-refractivity contribution in [3.63, 3.8) is 0 Å². The average molecular weight is 560 g/mol. The number of nitrogens with one attached hydrogen (secondary N) is 5. The van der Waals surface area contributed by atoms with Crippen LogP contribution in [0.3, 0.4) is 0 Å². The standard InChI is InChI=1S/C16H23N5O6.C9H10N2O2/c22-11-4-9(15(27)18-8-13(24)17-2-1-14(25)26)3-10(5-11)21-16-19-6-12(23)7-20-16;10-9(13)7-8(12)5-3-1-2-4-6(5)11-7/h3-5,12,15,18,22-23,27H,1-2,6-8H2,(H,17,24)(H,25,26)(H2,19,20,21);1-4,9,11-13H,10H2. The van der Waals surface area contributed by atoms with Crippen molar-refractivity contribution in [3.8, 4) is 11.5 Å². The summed E-state index contributed by atoms with van der Waals surface area (Å²) in [7, 11) is 0. The number of aliphatic hydroxyl groups excluding tert-OH is 3. The maximum absolute atomic E-state index is 11.6. The number of phenolic OH excluding ortho intramolecular Hbond substituents is 1. The summed E-state index contributed by atoms with van der Waals surface area (Å²) in [5.74, 6) is -1.14. The minimum absolute atomic E-state index is 0.00402. The molecule has 0 saturated heterocycles. The molecule has 13 N–H and O–H groups in total. The smallest absolute Gasteiger partial charge is 0.305 e. The van der Waals surface area contributed by atoms with Gasteiger partial charge in [0.15, 0.2) is 5.96 Å². The van der Waals surface area contributed by atoms with Crippen LogP contribution in [-0.2, 0) is 9.59 Å². The molecule has 0 spiro atoms. The first kappa shape index (κ1) is 30.1. The number of carboxylic acids is 1. The first-order valence-electron chi connectivity index (χ1n) is 12.2. The molecule has 3 atom stereocenters. The molecule has 0 aliphatic carbocycles. The van der Waals surface area contributed by atoms with Crippen LogP contribution >= 0.6 is 0 Å². The Hall–Kier alpha value is -4.41. The van der Waals surface area contributed by atoms with E-state index in [9.17, 15) is 30.0 Å². The highest BCUT2D eigenvalue weighted by Crippen LogP contribution is 2.30. The first-order valence-corrected chi connectivity index (χ1v) is 12.2. The molecule has 15 heteroatoms. The number of aliphatic imine (C=N–C) groups is 1. The number of aliphatic hydroxyl groups is 3. The normalized spacial score (nSPS) is 16.1. The second kappa shape index (κ2) is 14.1. The van der Waals surface area contributed by atoms with Crippen LogP contribution in [0.1, 0.15) is 30.1 Å². The van der Waals surface area contributed by atoms with Crippen molar-refractivity contribution in [2.75, 3.05) is 31.5 Å². The fourth-order valence-electron chi connectivity index (χ4n) is 3.66. The number of carboxylic acid groups (broad SMARTS) is 1. The number of aliphatic carboxylic acids is 1. The SMILES string of the molecule is NC(O)c1[nH]c2ccccc2c1O.O=C(O)CCNC(=O)CNC(O)c1cc(O)cc(NC2=NCC(O)CN2)c1. The fraction of sp³-hybridized carbons (Fsp3) is 0.320. The second-order valence-corrected chi connectivity index (χ2v) is 8.82. The molecule has 15 nitrogen and oxygen atoms in total. The van der Waals surface area contributed by atoms with Crippen LogP contribution in [0, 0.1) is 0 Å². The van der Waals surface area contributed by atoms with Gasteiger partial charge in [-0.3, -0.25) is 19.9 Å². The number of aromatic hydroxyl groups is 2. The molecule has 0 saturated carbocycles. The molecule has 0 bridgehead atoms. The number of nitrogens with two attached hydrogens (primary N) is 1. The maximum Gasteiger partial charge on any atom is 0.305 e. The van der Waals surface area contributed by atoms with Gasteiger partial charge in [0.1, 0.15) is 29.6 Å². The number of guanidine groups is 1. The summed E-state index contributed by atoms with van der Waals surface area (Å²) in [5.41, 5.74) is 7.03. The third-order valence-electron chi connectivity index (χ3n) is 5.60. The highest BCUT2D eigenvalue weighted by molar-refractivity contribution is 5.94. The number of benzene rings is 2. The van der Waals surface area contributed by atoms with Gasteiger partial charge in [-0.1, -0.05) is 12.1 Å². The number of rotatable bonds is 9. The Balaban J connectivity index is 0.000000281. The van der Waals surface area contributed by atoms with Crippen LogP contribution < -0.4 is 27.0 Å². The highest BCUT2D eigenvalue weighted by atomic mass is 16.4. The lowest BCUT2D eigenvalue weighted by Gasteiger charge is -2.21. The van der Waals surface area contributed by atoms with E-state index in [-0.39, 0.29) is 43.2 Å². The third kappa shape index (κ3) is 8.82. The van der Waals surface area contributed by atoms with E-state index in [1.54, 1.807) is 18.2 Å². The number of phenols is 1. The molecule has 216 valence electrons. The minimum Gasteiger partial charge on any atom is -0.508 e. The topological polar surface area (TPSA) is 258 Å². The summed E-state index contributed by atoms with van der Waals surface area (Å²) >= 11 is 0. The Morgan fingerprint density at radius 3 is 2.55 bits per heavy atom. The number of anilines is 1. The average Bonchev–Trinajstić information content (AvgIpc) is 3.25. The largest absolute Gasteiger partial charge is 0.508 e. The molecule has 1 aromatic heterocycles. The van der Waals surface area contributed by atoms with Crippen molar-refractivity contribution in [2.45, 2.75) is 25.0 Å². The molecule has 1 amide bonds. The molecular formula is C25H33N7O8. The molecule has 3 unspecified atom stereocenters. The predicted octanol–water partition coefficient (Wildman–Crippen LogP) is -0.881. The van der Waals surface area contributed by atoms with Crippen LogP contribution in [0.25, 0.3) is 10.9 Å². The van der Waals surface area contributed by atoms with E-state index in [0.717, 1.165) is 5.52 Å². The van der Waals surface area contributed by atoms with Crippen molar-refractivity contribution < 1.29 is 40.2 Å². The van der Waals surface area contributed by atoms with Gasteiger partial charge in [-0.25, -0.2) is 0 Å². The molecule has 0 radical (unpaired) electrons. The number of β-amino-alcohol motifs (C(OH)–C–C–N with tert-alkyl or cyclic N) is 1. The summed E-state index contributed by atoms with van der Waals surface area (Å²) in [6.07, 6.45) is -3.15. The van der Waals surface area contributed by atoms with Crippen molar-refractivity contribution in [1.29, 1.82) is 0 Å². The fourth-order valence-corrected chi connectivity index (χ4v) is 3.66. The number of para-hydroxylation sites is 1. The Kier molecular flexibility index (Phi) is 10.6. The van der Waals surface area contributed by atoms with Crippen LogP contribution in [0.5, 0.6) is 11.5 Å². The van der Waals surface area contributed by atoms with Gasteiger partial charge >= 0.3 is 5.97 Å². The number of amides is 1. The molecule has 1 aliphatic heterocycles. The van der Waals surface area contributed by atoms with E-state index in [2.05, 4.69) is 31.2 Å². The van der Waals surface area contributed by atoms with E-state index in [4.69, 9.17) is 15.9 Å². The number of nitrogens with zero attached hydrogens (tertiary/aromatic N) is 1. The van der Waals surface area contributed by atoms with E-state index in [1.807, 2.05) is 12.1 Å². The summed E-state index contributed by atoms with van der Waals surface area (Å²) in [4.78, 5) is 28.9. The molecule has 0 fully saturated rings. The highest BCUT2D eigenvalue weighted by Gasteiger charge is 2.15. The predicted molar refractivity (Wildman–Crippen MR) is 145 cm³/mol. The van der Waals surface area contributed by atoms with Gasteiger partial charge < -0.3 is 57.3 Å². The van der Waals surface area contributed by atoms with Crippen molar-refractivity contribution in [3.05, 3.63) is 53.7 Å². The van der Waals surface area contributed by atoms with Gasteiger partial charge in [-0.05, 0) is 24.3 Å². The quantitative estimate of drug-likeness (QED) is 0.143. The number of carbonyl (C=O) groups is 2. The van der Waals surface area contributed by atoms with Crippen LogP contribution in [0.2, 0.25) is 0 Å². The van der Waals surface area contributed by atoms with E-state index < -0.39 is 30.4 Å². The minimum atomic E-state index is -1.23. The molecule has 2 aromatic carbocycles. The van der Waals surface area contributed by atoms with Gasteiger partial charge in [0, 0.05) is 41.3 Å². The zero-order valence-electron chi connectivity index (χ0n) is 21.3. The maximum atomic E-state index is 11.6. The Morgan fingerprint density at radius 2 is 1.90 bits per heavy atom. The monoisotopic (exact) mass is 559 g/mol. The van der Waals surface area contributed by atoms with E-state index in [1.165, 1.54) is 12.1 Å². The number of aromatic amines is 1. The van der Waals surface area contributed by atoms with Gasteiger partial charge in [0.25, 0.3) is 0 Å². The zero-order chi connectivity index (χ0) is 29.2. The second-order valence-electron chi connectivity index (χ2n) is 8.82. The Bertz CT molecular complexity index is 1340. The number of hydrogen-bond donors (Lipinski definition) is 12. The first-order chi connectivity index (χ1) is 19.0. The van der Waals surface area contributed by atoms with E-state index in [0.29, 0.717) is 29.1 Å². The molecule has 40 heavy (non-hydrogen) atoms. The van der Waals surface area contributed by atoms with Crippen molar-refractivity contribution >= 4 is 34.4 Å². The van der Waals surface area contributed by atoms with Crippen molar-refractivity contribution in [2.24, 2.45) is 10.7 Å². The summed E-state index contributed by atoms with van der Waals surface area (Å²) in [6, 6.07) is 11.5. The summed E-state index contributed by atoms with van der Waals surface area (Å²) < 4.78 is 0. The molecule has 1 aliphatic rings. The van der Waals surface area contributed by atoms with Crippen molar-refractivity contribution in [1.82, 2.24) is 20.9 Å². The van der Waals surface area contributed by atoms with E-state index >= 15 is 0 Å². The van der Waals surface area contributed by atoms with Gasteiger partial charge in [-0.2, -0.15) is 0 Å². The lowest BCUT2D eigenvalue weighted by atomic mass is 10.1. The molecule has 4 rings (SSSR count). The van der Waals surface area contributed by atoms with Crippen LogP contribution in [0.15, 0.2) is 47.5 Å². The summed E-state index contributed by atoms with van der Waals surface area (Å²) in [5, 5.41) is 68.1. The van der Waals surface area contributed by atoms with Gasteiger partial charge in [0.2, 0.25) is 5.91 Å². The zero-order valence-corrected chi connectivity index (χ0v) is 21.3. The third-order valence-corrected chi connectivity index (χ3v) is 5.60. The Labute approximate surface area is 228 Å². The van der Waals surface area contributed by atoms with Gasteiger partial charge in [-0.15, -0.1) is 0 Å². The van der Waals surface area contributed by atoms with Crippen LogP contribution in [0.4, 0.5) is 5.69 Å².